The summed E-state index contributed by atoms with van der Waals surface area (Å²) >= 11 is 7.23. The molecule has 2 aromatic carbocycles. The molecule has 4 nitrogen and oxygen atoms in total. The fourth-order valence-corrected chi connectivity index (χ4v) is 6.49. The van der Waals surface area contributed by atoms with Gasteiger partial charge in [0.05, 0.1) is 22.5 Å². The number of fused-ring (bicyclic) bond motifs is 2. The van der Waals surface area contributed by atoms with Gasteiger partial charge in [0.1, 0.15) is 0 Å². The number of amides is 2. The van der Waals surface area contributed by atoms with E-state index in [0.717, 1.165) is 82.8 Å². The van der Waals surface area contributed by atoms with Gasteiger partial charge in [0.25, 0.3) is 11.8 Å². The van der Waals surface area contributed by atoms with Crippen molar-refractivity contribution >= 4 is 66.2 Å². The summed E-state index contributed by atoms with van der Waals surface area (Å²) in [5.74, 6) is 0.756. The van der Waals surface area contributed by atoms with Crippen molar-refractivity contribution < 1.29 is 9.59 Å². The van der Waals surface area contributed by atoms with E-state index in [1.54, 1.807) is 0 Å². The number of hydrogen-bond donors (Lipinski definition) is 0. The van der Waals surface area contributed by atoms with Crippen molar-refractivity contribution in [3.8, 4) is 0 Å². The van der Waals surface area contributed by atoms with Crippen LogP contribution >= 0.6 is 31.9 Å². The predicted molar refractivity (Wildman–Crippen MR) is 166 cm³/mol. The van der Waals surface area contributed by atoms with E-state index >= 15 is 0 Å². The van der Waals surface area contributed by atoms with Gasteiger partial charge in [-0.2, -0.15) is 0 Å². The number of nitrogens with zero attached hydrogens (tertiary/aromatic N) is 2. The molecule has 0 N–H and O–H groups in total. The third-order valence-electron chi connectivity index (χ3n) is 8.18. The van der Waals surface area contributed by atoms with Crippen LogP contribution in [0.4, 0.5) is 11.4 Å². The van der Waals surface area contributed by atoms with Crippen molar-refractivity contribution in [2.45, 2.75) is 79.1 Å². The van der Waals surface area contributed by atoms with Crippen LogP contribution in [0, 0.1) is 11.8 Å². The molecule has 0 aromatic heterocycles. The monoisotopic (exact) mass is 642 g/mol. The highest BCUT2D eigenvalue weighted by Crippen LogP contribution is 2.48. The Labute approximate surface area is 245 Å². The highest BCUT2D eigenvalue weighted by Gasteiger charge is 2.42. The molecule has 0 spiro atoms. The van der Waals surface area contributed by atoms with E-state index in [1.807, 2.05) is 46.2 Å². The number of carbonyl (C=O) groups is 2. The Hall–Kier alpha value is -1.92. The largest absolute Gasteiger partial charge is 0.307 e. The number of carbonyl (C=O) groups excluding carboxylic acids is 2. The molecule has 2 amide bonds. The first-order valence-electron chi connectivity index (χ1n) is 14.3. The smallest absolute Gasteiger partial charge is 0.259 e. The van der Waals surface area contributed by atoms with E-state index in [0.29, 0.717) is 36.1 Å². The molecule has 2 aliphatic rings. The summed E-state index contributed by atoms with van der Waals surface area (Å²) < 4.78 is 1.87. The van der Waals surface area contributed by atoms with Crippen molar-refractivity contribution in [3.05, 3.63) is 56.5 Å². The zero-order chi connectivity index (χ0) is 27.4. The minimum Gasteiger partial charge on any atom is -0.307 e. The van der Waals surface area contributed by atoms with Gasteiger partial charge in [-0.3, -0.25) is 9.59 Å². The highest BCUT2D eigenvalue weighted by molar-refractivity contribution is 9.10. The predicted octanol–water partition coefficient (Wildman–Crippen LogP) is 9.25. The Balaban J connectivity index is 1.81. The maximum absolute atomic E-state index is 14.2. The number of anilines is 2. The minimum atomic E-state index is -0.0508. The Morgan fingerprint density at radius 3 is 1.39 bits per heavy atom. The van der Waals surface area contributed by atoms with Crippen molar-refractivity contribution in [2.75, 3.05) is 22.9 Å². The molecular formula is C32H40Br2N2O2. The standard InChI is InChI=1S/C32H40Br2N2O2/c1-5-9-11-21(7-3)19-35-27-17-23(33)13-15-25(27)29(31(35)37)30-26-16-14-24(34)18-28(26)36(32(30)38)20-22(8-4)12-10-6-2/h13-18,21-22H,5-12,19-20H2,1-4H3/b30-29-. The molecule has 6 heteroatoms. The van der Waals surface area contributed by atoms with Crippen LogP contribution < -0.4 is 9.80 Å². The number of rotatable bonds is 12. The number of unbranched alkanes of at least 4 members (excludes halogenated alkanes) is 2. The quantitative estimate of drug-likeness (QED) is 0.216. The molecule has 0 saturated heterocycles. The normalized spacial score (nSPS) is 18.3. The lowest BCUT2D eigenvalue weighted by Gasteiger charge is -2.24. The van der Waals surface area contributed by atoms with Gasteiger partial charge in [0.2, 0.25) is 0 Å². The summed E-state index contributed by atoms with van der Waals surface area (Å²) in [6.45, 7) is 10.2. The second kappa shape index (κ2) is 13.0. The molecule has 0 fully saturated rings. The molecule has 2 unspecified atom stereocenters. The number of halogens is 2. The Morgan fingerprint density at radius 2 is 1.05 bits per heavy atom. The van der Waals surface area contributed by atoms with Crippen LogP contribution in [-0.2, 0) is 9.59 Å². The van der Waals surface area contributed by atoms with Crippen molar-refractivity contribution in [2.24, 2.45) is 11.8 Å². The summed E-state index contributed by atoms with van der Waals surface area (Å²) in [6.07, 6.45) is 8.87. The molecule has 2 heterocycles. The average Bonchev–Trinajstić information content (AvgIpc) is 3.32. The van der Waals surface area contributed by atoms with E-state index in [1.165, 1.54) is 0 Å². The average molecular weight is 644 g/mol. The molecule has 0 radical (unpaired) electrons. The van der Waals surface area contributed by atoms with Crippen LogP contribution in [0.15, 0.2) is 45.3 Å². The fraction of sp³-hybridized carbons (Fsp3) is 0.500. The zero-order valence-corrected chi connectivity index (χ0v) is 26.3. The first-order chi connectivity index (χ1) is 18.3. The van der Waals surface area contributed by atoms with Crippen LogP contribution in [0.2, 0.25) is 0 Å². The summed E-state index contributed by atoms with van der Waals surface area (Å²) in [5, 5.41) is 0. The molecule has 0 aliphatic carbocycles. The van der Waals surface area contributed by atoms with Gasteiger partial charge in [-0.15, -0.1) is 0 Å². The first-order valence-corrected chi connectivity index (χ1v) is 15.9. The summed E-state index contributed by atoms with van der Waals surface area (Å²) in [5.41, 5.74) is 4.63. The van der Waals surface area contributed by atoms with E-state index < -0.39 is 0 Å². The Morgan fingerprint density at radius 1 is 0.658 bits per heavy atom. The van der Waals surface area contributed by atoms with Gasteiger partial charge in [0.15, 0.2) is 0 Å². The van der Waals surface area contributed by atoms with E-state index in [2.05, 4.69) is 59.6 Å². The molecule has 2 atom stereocenters. The van der Waals surface area contributed by atoms with Gasteiger partial charge >= 0.3 is 0 Å². The van der Waals surface area contributed by atoms with Crippen LogP contribution in [0.3, 0.4) is 0 Å². The van der Waals surface area contributed by atoms with Gasteiger partial charge in [-0.1, -0.05) is 110 Å². The minimum absolute atomic E-state index is 0.0508. The molecule has 4 rings (SSSR count). The lowest BCUT2D eigenvalue weighted by molar-refractivity contribution is -0.114. The molecule has 0 bridgehead atoms. The van der Waals surface area contributed by atoms with Crippen LogP contribution in [0.5, 0.6) is 0 Å². The zero-order valence-electron chi connectivity index (χ0n) is 23.2. The van der Waals surface area contributed by atoms with Crippen molar-refractivity contribution in [1.82, 2.24) is 0 Å². The third-order valence-corrected chi connectivity index (χ3v) is 9.16. The first kappa shape index (κ1) is 29.1. The third kappa shape index (κ3) is 5.82. The topological polar surface area (TPSA) is 40.6 Å². The summed E-state index contributed by atoms with van der Waals surface area (Å²) in [6, 6.07) is 12.0. The summed E-state index contributed by atoms with van der Waals surface area (Å²) in [4.78, 5) is 32.3. The number of benzene rings is 2. The van der Waals surface area contributed by atoms with E-state index in [-0.39, 0.29) is 11.8 Å². The molecule has 38 heavy (non-hydrogen) atoms. The summed E-state index contributed by atoms with van der Waals surface area (Å²) in [7, 11) is 0. The second-order valence-corrected chi connectivity index (χ2v) is 12.6. The molecule has 2 aromatic rings. The fourth-order valence-electron chi connectivity index (χ4n) is 5.79. The van der Waals surface area contributed by atoms with E-state index in [4.69, 9.17) is 0 Å². The lowest BCUT2D eigenvalue weighted by Crippen LogP contribution is -2.34. The lowest BCUT2D eigenvalue weighted by atomic mass is 9.96. The van der Waals surface area contributed by atoms with Gasteiger partial charge in [0, 0.05) is 33.2 Å². The van der Waals surface area contributed by atoms with Crippen LogP contribution in [-0.4, -0.2) is 24.9 Å². The highest BCUT2D eigenvalue weighted by atomic mass is 79.9. The maximum atomic E-state index is 14.2. The Kier molecular flexibility index (Phi) is 9.91. The van der Waals surface area contributed by atoms with Crippen LogP contribution in [0.25, 0.3) is 11.1 Å². The van der Waals surface area contributed by atoms with Crippen LogP contribution in [0.1, 0.15) is 90.2 Å². The molecule has 0 saturated carbocycles. The van der Waals surface area contributed by atoms with E-state index in [9.17, 15) is 9.59 Å². The van der Waals surface area contributed by atoms with Gasteiger partial charge < -0.3 is 9.80 Å². The Bertz CT molecular complexity index is 1130. The van der Waals surface area contributed by atoms with Crippen molar-refractivity contribution in [1.29, 1.82) is 0 Å². The van der Waals surface area contributed by atoms with Gasteiger partial charge in [-0.25, -0.2) is 0 Å². The van der Waals surface area contributed by atoms with Crippen molar-refractivity contribution in [3.63, 3.8) is 0 Å². The van der Waals surface area contributed by atoms with Gasteiger partial charge in [-0.05, 0) is 48.9 Å². The maximum Gasteiger partial charge on any atom is 0.259 e. The second-order valence-electron chi connectivity index (χ2n) is 10.7. The SMILES string of the molecule is CCCCC(CC)CN1C(=O)/C(=C2\C(=O)N(CC(CC)CCCC)c3cc(Br)ccc32)c2ccc(Br)cc21. The molecular weight excluding hydrogens is 604 g/mol. The molecule has 204 valence electrons. The molecule has 2 aliphatic heterocycles. The number of hydrogen-bond acceptors (Lipinski definition) is 2.